The smallest absolute Gasteiger partial charge is 0.267 e. The van der Waals surface area contributed by atoms with Gasteiger partial charge in [0.1, 0.15) is 17.4 Å². The number of nitriles is 1. The molecule has 0 spiro atoms. The fourth-order valence-electron chi connectivity index (χ4n) is 3.03. The van der Waals surface area contributed by atoms with E-state index >= 15 is 0 Å². The van der Waals surface area contributed by atoms with Crippen molar-refractivity contribution in [3.05, 3.63) is 48.2 Å². The number of phenolic OH excluding ortho intramolecular Hbond substituents is 1. The Morgan fingerprint density at radius 1 is 1.17 bits per heavy atom. The summed E-state index contributed by atoms with van der Waals surface area (Å²) in [7, 11) is 0. The summed E-state index contributed by atoms with van der Waals surface area (Å²) >= 11 is 0. The first-order valence-corrected chi connectivity index (χ1v) is 8.07. The van der Waals surface area contributed by atoms with Crippen molar-refractivity contribution in [2.75, 3.05) is 5.32 Å². The topological polar surface area (TPSA) is 85.2 Å². The number of hydrogen-bond donors (Lipinski definition) is 3. The first kappa shape index (κ1) is 15.9. The second-order valence-corrected chi connectivity index (χ2v) is 5.95. The highest BCUT2D eigenvalue weighted by molar-refractivity contribution is 6.11. The second kappa shape index (κ2) is 7.05. The van der Waals surface area contributed by atoms with Crippen LogP contribution in [-0.2, 0) is 4.79 Å². The van der Waals surface area contributed by atoms with E-state index in [1.54, 1.807) is 30.3 Å². The molecule has 1 aliphatic rings. The first-order valence-electron chi connectivity index (χ1n) is 8.07. The van der Waals surface area contributed by atoms with Gasteiger partial charge in [-0.3, -0.25) is 4.79 Å². The molecule has 122 valence electrons. The molecule has 3 rings (SSSR count). The Morgan fingerprint density at radius 3 is 2.62 bits per heavy atom. The summed E-state index contributed by atoms with van der Waals surface area (Å²) in [6.45, 7) is 0. The van der Waals surface area contributed by atoms with E-state index in [1.165, 1.54) is 19.0 Å². The Labute approximate surface area is 140 Å². The van der Waals surface area contributed by atoms with E-state index in [1.807, 2.05) is 12.1 Å². The van der Waals surface area contributed by atoms with Gasteiger partial charge in [-0.1, -0.05) is 37.1 Å². The lowest BCUT2D eigenvalue weighted by Gasteiger charge is -2.11. The van der Waals surface area contributed by atoms with Gasteiger partial charge in [0.2, 0.25) is 0 Å². The van der Waals surface area contributed by atoms with Crippen LogP contribution >= 0.6 is 0 Å². The Kier molecular flexibility index (Phi) is 4.66. The molecular weight excluding hydrogens is 302 g/mol. The minimum atomic E-state index is -0.459. The zero-order chi connectivity index (χ0) is 16.9. The molecule has 0 aliphatic heterocycles. The molecular formula is C19H19N3O2. The SMILES string of the molecule is N#C/C(=C/NC1CCCC1)C(=O)Nc1cccc2c(O)cccc12. The lowest BCUT2D eigenvalue weighted by Crippen LogP contribution is -2.23. The molecule has 1 aliphatic carbocycles. The Hall–Kier alpha value is -3.00. The molecule has 0 atom stereocenters. The van der Waals surface area contributed by atoms with Crippen LogP contribution in [0.5, 0.6) is 5.75 Å². The Morgan fingerprint density at radius 2 is 1.88 bits per heavy atom. The van der Waals surface area contributed by atoms with E-state index in [9.17, 15) is 15.2 Å². The maximum Gasteiger partial charge on any atom is 0.267 e. The van der Waals surface area contributed by atoms with Crippen molar-refractivity contribution >= 4 is 22.4 Å². The number of nitrogens with zero attached hydrogens (tertiary/aromatic N) is 1. The van der Waals surface area contributed by atoms with E-state index < -0.39 is 5.91 Å². The number of carbonyl (C=O) groups is 1. The van der Waals surface area contributed by atoms with Crippen LogP contribution in [0.1, 0.15) is 25.7 Å². The third-order valence-electron chi connectivity index (χ3n) is 4.33. The van der Waals surface area contributed by atoms with Gasteiger partial charge in [0.05, 0.1) is 0 Å². The number of fused-ring (bicyclic) bond motifs is 1. The van der Waals surface area contributed by atoms with Crippen molar-refractivity contribution in [2.45, 2.75) is 31.7 Å². The molecule has 1 amide bonds. The Balaban J connectivity index is 1.79. The molecule has 0 saturated heterocycles. The summed E-state index contributed by atoms with van der Waals surface area (Å²) in [6.07, 6.45) is 6.00. The van der Waals surface area contributed by atoms with Crippen LogP contribution < -0.4 is 10.6 Å². The molecule has 1 saturated carbocycles. The number of anilines is 1. The predicted molar refractivity (Wildman–Crippen MR) is 93.3 cm³/mol. The molecule has 3 N–H and O–H groups in total. The van der Waals surface area contributed by atoms with Crippen molar-refractivity contribution in [2.24, 2.45) is 0 Å². The van der Waals surface area contributed by atoms with Gasteiger partial charge in [-0.15, -0.1) is 0 Å². The molecule has 0 aromatic heterocycles. The normalized spacial score (nSPS) is 15.2. The van der Waals surface area contributed by atoms with Gasteiger partial charge in [0.25, 0.3) is 5.91 Å². The van der Waals surface area contributed by atoms with Gasteiger partial charge < -0.3 is 15.7 Å². The highest BCUT2D eigenvalue weighted by atomic mass is 16.3. The van der Waals surface area contributed by atoms with Gasteiger partial charge in [0, 0.05) is 28.7 Å². The number of benzene rings is 2. The average Bonchev–Trinajstić information content (AvgIpc) is 3.10. The summed E-state index contributed by atoms with van der Waals surface area (Å²) in [4.78, 5) is 12.4. The largest absolute Gasteiger partial charge is 0.507 e. The van der Waals surface area contributed by atoms with E-state index in [0.717, 1.165) is 18.2 Å². The predicted octanol–water partition coefficient (Wildman–Crippen LogP) is 3.42. The highest BCUT2D eigenvalue weighted by Crippen LogP contribution is 2.30. The van der Waals surface area contributed by atoms with Gasteiger partial charge in [-0.2, -0.15) is 5.26 Å². The van der Waals surface area contributed by atoms with Crippen molar-refractivity contribution in [1.29, 1.82) is 5.26 Å². The van der Waals surface area contributed by atoms with Crippen LogP contribution in [0, 0.1) is 11.3 Å². The van der Waals surface area contributed by atoms with E-state index in [2.05, 4.69) is 10.6 Å². The van der Waals surface area contributed by atoms with E-state index in [-0.39, 0.29) is 11.3 Å². The molecule has 0 radical (unpaired) electrons. The lowest BCUT2D eigenvalue weighted by atomic mass is 10.1. The van der Waals surface area contributed by atoms with Gasteiger partial charge >= 0.3 is 0 Å². The summed E-state index contributed by atoms with van der Waals surface area (Å²) < 4.78 is 0. The maximum absolute atomic E-state index is 12.4. The highest BCUT2D eigenvalue weighted by Gasteiger charge is 2.15. The molecule has 0 heterocycles. The fraction of sp³-hybridized carbons (Fsp3) is 0.263. The molecule has 2 aromatic carbocycles. The van der Waals surface area contributed by atoms with Crippen molar-refractivity contribution in [3.63, 3.8) is 0 Å². The van der Waals surface area contributed by atoms with Gasteiger partial charge in [-0.25, -0.2) is 0 Å². The van der Waals surface area contributed by atoms with Gasteiger partial charge in [-0.05, 0) is 25.0 Å². The fourth-order valence-corrected chi connectivity index (χ4v) is 3.03. The summed E-state index contributed by atoms with van der Waals surface area (Å²) in [5.41, 5.74) is 0.606. The number of phenols is 1. The standard InChI is InChI=1S/C19H19N3O2/c20-11-13(12-21-14-5-1-2-6-14)19(24)22-17-9-3-8-16-15(17)7-4-10-18(16)23/h3-4,7-10,12,14,21,23H,1-2,5-6H2,(H,22,24)/b13-12-. The summed E-state index contributed by atoms with van der Waals surface area (Å²) in [6, 6.07) is 12.7. The van der Waals surface area contributed by atoms with Crippen LogP contribution in [0.2, 0.25) is 0 Å². The number of nitrogens with one attached hydrogen (secondary N) is 2. The molecule has 24 heavy (non-hydrogen) atoms. The summed E-state index contributed by atoms with van der Waals surface area (Å²) in [5, 5.41) is 26.5. The van der Waals surface area contributed by atoms with Gasteiger partial charge in [0.15, 0.2) is 0 Å². The van der Waals surface area contributed by atoms with Crippen molar-refractivity contribution < 1.29 is 9.90 Å². The molecule has 2 aromatic rings. The number of aromatic hydroxyl groups is 1. The molecule has 0 unspecified atom stereocenters. The molecule has 5 heteroatoms. The second-order valence-electron chi connectivity index (χ2n) is 5.95. The van der Waals surface area contributed by atoms with Crippen LogP contribution in [0.4, 0.5) is 5.69 Å². The number of amides is 1. The molecule has 0 bridgehead atoms. The van der Waals surface area contributed by atoms with Crippen LogP contribution in [-0.4, -0.2) is 17.1 Å². The van der Waals surface area contributed by atoms with Crippen molar-refractivity contribution in [1.82, 2.24) is 5.32 Å². The quantitative estimate of drug-likeness (QED) is 0.595. The molecule has 5 nitrogen and oxygen atoms in total. The molecule has 1 fully saturated rings. The number of hydrogen-bond acceptors (Lipinski definition) is 4. The monoisotopic (exact) mass is 321 g/mol. The third kappa shape index (κ3) is 3.33. The zero-order valence-corrected chi connectivity index (χ0v) is 13.2. The van der Waals surface area contributed by atoms with Crippen LogP contribution in [0.25, 0.3) is 10.8 Å². The minimum absolute atomic E-state index is 0.0408. The zero-order valence-electron chi connectivity index (χ0n) is 13.2. The third-order valence-corrected chi connectivity index (χ3v) is 4.33. The van der Waals surface area contributed by atoms with Crippen molar-refractivity contribution in [3.8, 4) is 11.8 Å². The van der Waals surface area contributed by atoms with E-state index in [0.29, 0.717) is 17.1 Å². The first-order chi connectivity index (χ1) is 11.7. The average molecular weight is 321 g/mol. The Bertz CT molecular complexity index is 830. The number of rotatable bonds is 4. The number of carbonyl (C=O) groups excluding carboxylic acids is 1. The van der Waals surface area contributed by atoms with E-state index in [4.69, 9.17) is 0 Å². The minimum Gasteiger partial charge on any atom is -0.507 e. The van der Waals surface area contributed by atoms with Crippen LogP contribution in [0.15, 0.2) is 48.2 Å². The maximum atomic E-state index is 12.4. The summed E-state index contributed by atoms with van der Waals surface area (Å²) in [5.74, 6) is -0.304. The lowest BCUT2D eigenvalue weighted by molar-refractivity contribution is -0.112. The van der Waals surface area contributed by atoms with Crippen LogP contribution in [0.3, 0.4) is 0 Å².